The van der Waals surface area contributed by atoms with Gasteiger partial charge in [0.2, 0.25) is 0 Å². The molecular weight excluding hydrogens is 612 g/mol. The Balaban J connectivity index is 0.000000267. The molecule has 11 heteroatoms. The molecule has 1 radical (unpaired) electrons. The molecule has 39 heavy (non-hydrogen) atoms. The monoisotopic (exact) mass is 637 g/mol. The van der Waals surface area contributed by atoms with Crippen molar-refractivity contribution in [3.8, 4) is 0 Å². The van der Waals surface area contributed by atoms with E-state index in [0.29, 0.717) is 8.64 Å². The summed E-state index contributed by atoms with van der Waals surface area (Å²) in [5.41, 5.74) is 10.9. The van der Waals surface area contributed by atoms with Gasteiger partial charge in [0.1, 0.15) is 11.4 Å². The van der Waals surface area contributed by atoms with Crippen LogP contribution in [0.2, 0.25) is 0 Å². The summed E-state index contributed by atoms with van der Waals surface area (Å²) in [7, 11) is 0. The Labute approximate surface area is 259 Å². The number of nitrogens with one attached hydrogen (secondary N) is 2. The Morgan fingerprint density at radius 1 is 0.590 bits per heavy atom. The van der Waals surface area contributed by atoms with Gasteiger partial charge in [-0.1, -0.05) is 121 Å². The van der Waals surface area contributed by atoms with Crippen LogP contribution in [-0.2, 0) is 17.1 Å². The minimum atomic E-state index is 0. The number of thiocarbonyl (C=S) groups is 2. The number of aromatic nitrogens is 2. The zero-order valence-electron chi connectivity index (χ0n) is 21.1. The second-order valence-corrected chi connectivity index (χ2v) is 10.3. The number of hydrazone groups is 2. The molecule has 2 N–H and O–H groups in total. The van der Waals surface area contributed by atoms with Gasteiger partial charge in [0.25, 0.3) is 0 Å². The summed E-state index contributed by atoms with van der Waals surface area (Å²) in [6.45, 7) is 0. The quantitative estimate of drug-likeness (QED) is 0.113. The summed E-state index contributed by atoms with van der Waals surface area (Å²) in [5.74, 6) is 0. The van der Waals surface area contributed by atoms with Crippen molar-refractivity contribution >= 4 is 68.0 Å². The minimum absolute atomic E-state index is 0. The van der Waals surface area contributed by atoms with Crippen molar-refractivity contribution < 1.29 is 17.1 Å². The average molecular weight is 638 g/mol. The van der Waals surface area contributed by atoms with Crippen LogP contribution in [0.3, 0.4) is 0 Å². The van der Waals surface area contributed by atoms with Crippen molar-refractivity contribution in [1.82, 2.24) is 20.8 Å². The van der Waals surface area contributed by atoms with Crippen molar-refractivity contribution in [3.05, 3.63) is 132 Å². The molecule has 2 heterocycles. The van der Waals surface area contributed by atoms with E-state index in [0.717, 1.165) is 33.9 Å². The van der Waals surface area contributed by atoms with Crippen molar-refractivity contribution in [2.45, 2.75) is 0 Å². The number of nitrogens with zero attached hydrogens (tertiary/aromatic N) is 4. The van der Waals surface area contributed by atoms with Crippen molar-refractivity contribution in [1.29, 1.82) is 0 Å². The van der Waals surface area contributed by atoms with Crippen LogP contribution < -0.4 is 10.9 Å². The molecule has 0 unspecified atom stereocenters. The van der Waals surface area contributed by atoms with Crippen molar-refractivity contribution in [2.75, 3.05) is 12.5 Å². The zero-order chi connectivity index (χ0) is 27.0. The van der Waals surface area contributed by atoms with E-state index in [2.05, 4.69) is 31.0 Å². The third-order valence-electron chi connectivity index (χ3n) is 4.80. The first-order valence-electron chi connectivity index (χ1n) is 11.4. The second-order valence-electron chi connectivity index (χ2n) is 7.29. The van der Waals surface area contributed by atoms with E-state index in [9.17, 15) is 0 Å². The maximum Gasteiger partial charge on any atom is 0.153 e. The topological polar surface area (TPSA) is 74.6 Å². The molecule has 0 bridgehead atoms. The molecule has 0 spiro atoms. The fraction of sp³-hybridized carbons (Fsp3) is 0.0714. The Bertz CT molecular complexity index is 1170. The van der Waals surface area contributed by atoms with Crippen LogP contribution >= 0.6 is 48.0 Å². The van der Waals surface area contributed by atoms with E-state index in [-0.39, 0.29) is 17.1 Å². The van der Waals surface area contributed by atoms with Crippen LogP contribution in [0.15, 0.2) is 120 Å². The van der Waals surface area contributed by atoms with Gasteiger partial charge in [-0.3, -0.25) is 20.8 Å². The molecule has 0 saturated heterocycles. The zero-order valence-corrected chi connectivity index (χ0v) is 25.3. The molecule has 6 nitrogen and oxygen atoms in total. The van der Waals surface area contributed by atoms with E-state index >= 15 is 0 Å². The smallest absolute Gasteiger partial charge is 0.153 e. The number of rotatable bonds is 6. The van der Waals surface area contributed by atoms with Gasteiger partial charge in [0.05, 0.1) is 11.4 Å². The normalized spacial score (nSPS) is 10.8. The molecule has 0 aliphatic carbocycles. The molecule has 0 fully saturated rings. The van der Waals surface area contributed by atoms with Gasteiger partial charge in [-0.25, -0.2) is 0 Å². The largest absolute Gasteiger partial charge is 0.262 e. The molecule has 0 aliphatic rings. The van der Waals surface area contributed by atoms with E-state index in [1.165, 1.54) is 23.5 Å². The fourth-order valence-electron chi connectivity index (χ4n) is 3.03. The molecule has 2 aromatic carbocycles. The van der Waals surface area contributed by atoms with Gasteiger partial charge in [-0.05, 0) is 36.8 Å². The van der Waals surface area contributed by atoms with Gasteiger partial charge in [-0.2, -0.15) is 10.2 Å². The van der Waals surface area contributed by atoms with E-state index in [1.54, 1.807) is 12.4 Å². The minimum Gasteiger partial charge on any atom is -0.262 e. The Kier molecular flexibility index (Phi) is 15.2. The van der Waals surface area contributed by atoms with Gasteiger partial charge in [0.15, 0.2) is 8.64 Å². The number of pyridine rings is 2. The molecule has 4 aromatic rings. The summed E-state index contributed by atoms with van der Waals surface area (Å²) < 4.78 is 1.26. The van der Waals surface area contributed by atoms with Gasteiger partial charge < -0.3 is 0 Å². The van der Waals surface area contributed by atoms with E-state index in [1.807, 2.05) is 110 Å². The first-order valence-corrected chi connectivity index (χ1v) is 14.7. The molecular formula is C28H26CuN6S4. The van der Waals surface area contributed by atoms with Crippen LogP contribution in [0.1, 0.15) is 22.5 Å². The molecule has 4 rings (SSSR count). The average Bonchev–Trinajstić information content (AvgIpc) is 2.99. The van der Waals surface area contributed by atoms with Crippen LogP contribution in [-0.4, -0.2) is 42.5 Å². The molecule has 2 aromatic heterocycles. The third-order valence-corrected chi connectivity index (χ3v) is 6.90. The summed E-state index contributed by atoms with van der Waals surface area (Å²) in [6.07, 6.45) is 7.32. The predicted octanol–water partition coefficient (Wildman–Crippen LogP) is 6.14. The predicted molar refractivity (Wildman–Crippen MR) is 171 cm³/mol. The Morgan fingerprint density at radius 2 is 0.949 bits per heavy atom. The van der Waals surface area contributed by atoms with Crippen molar-refractivity contribution in [3.63, 3.8) is 0 Å². The van der Waals surface area contributed by atoms with Crippen LogP contribution in [0.4, 0.5) is 0 Å². The summed E-state index contributed by atoms with van der Waals surface area (Å²) in [4.78, 5) is 8.68. The molecule has 0 atom stereocenters. The third kappa shape index (κ3) is 11.0. The number of benzene rings is 2. The molecule has 0 saturated carbocycles. The standard InChI is InChI=1S/2C14H13N3S2.Cu/c2*1-19-14(18)17-16-13(11-7-3-2-4-8-11)12-9-5-6-10-15-12;/h2*2-10H,1H3,(H,17,18);. The van der Waals surface area contributed by atoms with Gasteiger partial charge >= 0.3 is 0 Å². The van der Waals surface area contributed by atoms with Gasteiger partial charge in [0, 0.05) is 40.6 Å². The SMILES string of the molecule is CSC(=S)NN=C(c1ccccc1)c1ccccn1.CSC(=S)NN=C(c1ccccc1)c1ccccn1.[Cu]. The van der Waals surface area contributed by atoms with Crippen molar-refractivity contribution in [2.24, 2.45) is 10.2 Å². The summed E-state index contributed by atoms with van der Waals surface area (Å²) >= 11 is 13.1. The van der Waals surface area contributed by atoms with E-state index < -0.39 is 0 Å². The maximum atomic E-state index is 5.10. The first kappa shape index (κ1) is 32.3. The van der Waals surface area contributed by atoms with Crippen LogP contribution in [0, 0.1) is 0 Å². The van der Waals surface area contributed by atoms with Gasteiger partial charge in [-0.15, -0.1) is 0 Å². The summed E-state index contributed by atoms with van der Waals surface area (Å²) in [6, 6.07) is 31.3. The van der Waals surface area contributed by atoms with Crippen LogP contribution in [0.5, 0.6) is 0 Å². The Morgan fingerprint density at radius 3 is 1.26 bits per heavy atom. The second kappa shape index (κ2) is 18.4. The van der Waals surface area contributed by atoms with E-state index in [4.69, 9.17) is 24.4 Å². The number of hydrogen-bond acceptors (Lipinski definition) is 8. The maximum absolute atomic E-state index is 5.10. The number of hydrogen-bond donors (Lipinski definition) is 2. The molecule has 0 aliphatic heterocycles. The number of thioether (sulfide) groups is 2. The molecule has 0 amide bonds. The van der Waals surface area contributed by atoms with Crippen LogP contribution in [0.25, 0.3) is 0 Å². The summed E-state index contributed by atoms with van der Waals surface area (Å²) in [5, 5.41) is 8.75. The first-order chi connectivity index (χ1) is 18.6. The molecule has 203 valence electrons. The Hall–Kier alpha value is -2.92. The fourth-order valence-corrected chi connectivity index (χ4v) is 3.40.